The standard InChI is InChI=1S/C15H26N4/c1-11(2)18-9-5-4-6-13(18)15-16-14-8-7-12(3)10-19(14)17-15/h11-13H,4-10H2,1-3H3. The molecule has 0 radical (unpaired) electrons. The topological polar surface area (TPSA) is 34.0 Å². The average molecular weight is 262 g/mol. The van der Waals surface area contributed by atoms with Crippen LogP contribution in [0.15, 0.2) is 0 Å². The van der Waals surface area contributed by atoms with E-state index in [9.17, 15) is 0 Å². The van der Waals surface area contributed by atoms with Crippen LogP contribution >= 0.6 is 0 Å². The summed E-state index contributed by atoms with van der Waals surface area (Å²) in [6.07, 6.45) is 6.21. The Kier molecular flexibility index (Phi) is 3.61. The molecular weight excluding hydrogens is 236 g/mol. The van der Waals surface area contributed by atoms with Crippen LogP contribution in [0.25, 0.3) is 0 Å². The van der Waals surface area contributed by atoms with Gasteiger partial charge in [0.2, 0.25) is 0 Å². The molecule has 0 spiro atoms. The van der Waals surface area contributed by atoms with Crippen LogP contribution in [0.4, 0.5) is 0 Å². The summed E-state index contributed by atoms with van der Waals surface area (Å²) in [6, 6.07) is 1.03. The van der Waals surface area contributed by atoms with Crippen LogP contribution in [-0.4, -0.2) is 32.3 Å². The number of fused-ring (bicyclic) bond motifs is 1. The van der Waals surface area contributed by atoms with Crippen molar-refractivity contribution >= 4 is 0 Å². The van der Waals surface area contributed by atoms with Gasteiger partial charge in [0, 0.05) is 19.0 Å². The van der Waals surface area contributed by atoms with Gasteiger partial charge in [-0.2, -0.15) is 5.10 Å². The molecule has 106 valence electrons. The van der Waals surface area contributed by atoms with Gasteiger partial charge in [0.15, 0.2) is 5.82 Å². The van der Waals surface area contributed by atoms with E-state index < -0.39 is 0 Å². The van der Waals surface area contributed by atoms with E-state index in [-0.39, 0.29) is 0 Å². The highest BCUT2D eigenvalue weighted by Gasteiger charge is 2.30. The van der Waals surface area contributed by atoms with Gasteiger partial charge in [-0.25, -0.2) is 9.67 Å². The molecule has 0 amide bonds. The SMILES string of the molecule is CC1CCc2nc(C3CCCCN3C(C)C)nn2C1. The Morgan fingerprint density at radius 3 is 2.84 bits per heavy atom. The molecule has 19 heavy (non-hydrogen) atoms. The van der Waals surface area contributed by atoms with Crippen molar-refractivity contribution in [3.8, 4) is 0 Å². The van der Waals surface area contributed by atoms with Crippen molar-refractivity contribution in [2.75, 3.05) is 6.54 Å². The van der Waals surface area contributed by atoms with E-state index in [2.05, 4.69) is 30.4 Å². The summed E-state index contributed by atoms with van der Waals surface area (Å²) < 4.78 is 2.16. The van der Waals surface area contributed by atoms with Crippen LogP contribution in [0.1, 0.15) is 64.1 Å². The molecule has 4 heteroatoms. The van der Waals surface area contributed by atoms with Gasteiger partial charge in [0.05, 0.1) is 6.04 Å². The maximum Gasteiger partial charge on any atom is 0.168 e. The van der Waals surface area contributed by atoms with E-state index in [1.165, 1.54) is 38.1 Å². The van der Waals surface area contributed by atoms with Gasteiger partial charge in [-0.1, -0.05) is 13.3 Å². The summed E-state index contributed by atoms with van der Waals surface area (Å²) in [4.78, 5) is 7.43. The lowest BCUT2D eigenvalue weighted by molar-refractivity contribution is 0.106. The molecule has 0 N–H and O–H groups in total. The fourth-order valence-electron chi connectivity index (χ4n) is 3.48. The summed E-state index contributed by atoms with van der Waals surface area (Å²) in [5.41, 5.74) is 0. The normalized spacial score (nSPS) is 28.6. The summed E-state index contributed by atoms with van der Waals surface area (Å²) >= 11 is 0. The first-order chi connectivity index (χ1) is 9.15. The van der Waals surface area contributed by atoms with Crippen molar-refractivity contribution in [2.24, 2.45) is 5.92 Å². The molecule has 1 aromatic rings. The van der Waals surface area contributed by atoms with Crippen molar-refractivity contribution in [1.82, 2.24) is 19.7 Å². The molecule has 0 saturated carbocycles. The second-order valence-electron chi connectivity index (χ2n) is 6.56. The van der Waals surface area contributed by atoms with Gasteiger partial charge in [0.25, 0.3) is 0 Å². The molecule has 3 heterocycles. The number of hydrogen-bond acceptors (Lipinski definition) is 3. The molecule has 2 unspecified atom stereocenters. The minimum atomic E-state index is 0.446. The van der Waals surface area contributed by atoms with E-state index in [4.69, 9.17) is 10.1 Å². The first-order valence-corrected chi connectivity index (χ1v) is 7.84. The lowest BCUT2D eigenvalue weighted by atomic mass is 10.00. The molecule has 2 aliphatic heterocycles. The molecule has 0 aromatic carbocycles. The Labute approximate surface area is 116 Å². The second-order valence-corrected chi connectivity index (χ2v) is 6.56. The smallest absolute Gasteiger partial charge is 0.168 e. The van der Waals surface area contributed by atoms with Gasteiger partial charge in [-0.3, -0.25) is 4.90 Å². The second kappa shape index (κ2) is 5.23. The monoisotopic (exact) mass is 262 g/mol. The maximum absolute atomic E-state index is 4.85. The number of aryl methyl sites for hydroxylation is 1. The zero-order valence-electron chi connectivity index (χ0n) is 12.5. The van der Waals surface area contributed by atoms with Gasteiger partial charge in [0.1, 0.15) is 5.82 Å². The number of nitrogens with zero attached hydrogens (tertiary/aromatic N) is 4. The van der Waals surface area contributed by atoms with E-state index in [1.807, 2.05) is 0 Å². The lowest BCUT2D eigenvalue weighted by Gasteiger charge is -2.36. The Hall–Kier alpha value is -0.900. The summed E-state index contributed by atoms with van der Waals surface area (Å²) in [6.45, 7) is 9.14. The average Bonchev–Trinajstić information content (AvgIpc) is 2.81. The largest absolute Gasteiger partial charge is 0.291 e. The summed E-state index contributed by atoms with van der Waals surface area (Å²) in [7, 11) is 0. The van der Waals surface area contributed by atoms with Gasteiger partial charge < -0.3 is 0 Å². The molecule has 0 bridgehead atoms. The van der Waals surface area contributed by atoms with Crippen molar-refractivity contribution in [2.45, 2.75) is 71.5 Å². The molecular formula is C15H26N4. The van der Waals surface area contributed by atoms with Crippen LogP contribution in [0.2, 0.25) is 0 Å². The third kappa shape index (κ3) is 2.55. The van der Waals surface area contributed by atoms with E-state index in [0.717, 1.165) is 24.7 Å². The number of likely N-dealkylation sites (tertiary alicyclic amines) is 1. The molecule has 1 aromatic heterocycles. The minimum Gasteiger partial charge on any atom is -0.291 e. The number of aromatic nitrogens is 3. The van der Waals surface area contributed by atoms with Crippen LogP contribution in [0.5, 0.6) is 0 Å². The first-order valence-electron chi connectivity index (χ1n) is 7.84. The van der Waals surface area contributed by atoms with Crippen LogP contribution in [0, 0.1) is 5.92 Å². The highest BCUT2D eigenvalue weighted by Crippen LogP contribution is 2.31. The Morgan fingerprint density at radius 1 is 1.21 bits per heavy atom. The first kappa shape index (κ1) is 13.1. The van der Waals surface area contributed by atoms with E-state index in [1.54, 1.807) is 0 Å². The lowest BCUT2D eigenvalue weighted by Crippen LogP contribution is -2.39. The molecule has 0 aliphatic carbocycles. The Morgan fingerprint density at radius 2 is 2.05 bits per heavy atom. The molecule has 2 atom stereocenters. The zero-order valence-corrected chi connectivity index (χ0v) is 12.5. The fourth-order valence-corrected chi connectivity index (χ4v) is 3.48. The van der Waals surface area contributed by atoms with Crippen LogP contribution in [0.3, 0.4) is 0 Å². The number of hydrogen-bond donors (Lipinski definition) is 0. The molecule has 4 nitrogen and oxygen atoms in total. The van der Waals surface area contributed by atoms with Crippen LogP contribution in [-0.2, 0) is 13.0 Å². The Bertz CT molecular complexity index is 437. The summed E-state index contributed by atoms with van der Waals surface area (Å²) in [5.74, 6) is 3.04. The van der Waals surface area contributed by atoms with Crippen molar-refractivity contribution in [3.63, 3.8) is 0 Å². The molecule has 1 fully saturated rings. The van der Waals surface area contributed by atoms with E-state index in [0.29, 0.717) is 12.1 Å². The van der Waals surface area contributed by atoms with Gasteiger partial charge in [-0.15, -0.1) is 0 Å². The van der Waals surface area contributed by atoms with Gasteiger partial charge in [-0.05, 0) is 45.6 Å². The zero-order chi connectivity index (χ0) is 13.4. The van der Waals surface area contributed by atoms with Crippen LogP contribution < -0.4 is 0 Å². The van der Waals surface area contributed by atoms with E-state index >= 15 is 0 Å². The molecule has 1 saturated heterocycles. The van der Waals surface area contributed by atoms with Crippen molar-refractivity contribution < 1.29 is 0 Å². The third-order valence-electron chi connectivity index (χ3n) is 4.62. The quantitative estimate of drug-likeness (QED) is 0.822. The minimum absolute atomic E-state index is 0.446. The highest BCUT2D eigenvalue weighted by molar-refractivity contribution is 5.03. The fraction of sp³-hybridized carbons (Fsp3) is 0.867. The summed E-state index contributed by atoms with van der Waals surface area (Å²) in [5, 5.41) is 4.82. The number of piperidine rings is 1. The highest BCUT2D eigenvalue weighted by atomic mass is 15.4. The number of rotatable bonds is 2. The van der Waals surface area contributed by atoms with Crippen molar-refractivity contribution in [1.29, 1.82) is 0 Å². The predicted octanol–water partition coefficient (Wildman–Crippen LogP) is 2.80. The Balaban J connectivity index is 1.84. The van der Waals surface area contributed by atoms with Gasteiger partial charge >= 0.3 is 0 Å². The predicted molar refractivity (Wildman–Crippen MR) is 75.9 cm³/mol. The molecule has 2 aliphatic rings. The molecule has 3 rings (SSSR count). The third-order valence-corrected chi connectivity index (χ3v) is 4.62. The van der Waals surface area contributed by atoms with Crippen molar-refractivity contribution in [3.05, 3.63) is 11.6 Å². The maximum atomic E-state index is 4.85.